The maximum atomic E-state index is 12.6. The molecule has 0 radical (unpaired) electrons. The van der Waals surface area contributed by atoms with Crippen LogP contribution in [0.1, 0.15) is 46.5 Å². The number of ether oxygens (including phenoxy) is 5. The Morgan fingerprint density at radius 3 is 2.56 bits per heavy atom. The van der Waals surface area contributed by atoms with Crippen molar-refractivity contribution in [3.8, 4) is 0 Å². The van der Waals surface area contributed by atoms with Gasteiger partial charge in [0.15, 0.2) is 11.9 Å². The first-order valence-electron chi connectivity index (χ1n) is 8.78. The molecule has 1 fully saturated rings. The molecule has 0 spiro atoms. The Bertz CT molecular complexity index is 434. The minimum atomic E-state index is -0.739. The Hall–Kier alpha value is -1.21. The van der Waals surface area contributed by atoms with Gasteiger partial charge < -0.3 is 23.7 Å². The van der Waals surface area contributed by atoms with Crippen molar-refractivity contribution in [1.82, 2.24) is 0 Å². The van der Waals surface area contributed by atoms with Gasteiger partial charge in [-0.3, -0.25) is 0 Å². The molecular weight excluding hydrogens is 324 g/mol. The molecule has 0 aliphatic carbocycles. The molecule has 0 aromatic rings. The van der Waals surface area contributed by atoms with E-state index in [0.29, 0.717) is 19.3 Å². The molecule has 0 amide bonds. The summed E-state index contributed by atoms with van der Waals surface area (Å²) in [4.78, 5) is 12.6. The van der Waals surface area contributed by atoms with Crippen LogP contribution in [-0.4, -0.2) is 50.1 Å². The summed E-state index contributed by atoms with van der Waals surface area (Å²) < 4.78 is 27.9. The molecule has 1 aliphatic heterocycles. The van der Waals surface area contributed by atoms with E-state index in [-0.39, 0.29) is 19.0 Å². The number of hydrogen-bond donors (Lipinski definition) is 0. The maximum absolute atomic E-state index is 12.6. The average Bonchev–Trinajstić information content (AvgIpc) is 2.89. The summed E-state index contributed by atoms with van der Waals surface area (Å²) in [6.07, 6.45) is 4.23. The van der Waals surface area contributed by atoms with E-state index in [1.165, 1.54) is 7.11 Å². The number of allylic oxidation sites excluding steroid dienone is 1. The first kappa shape index (κ1) is 21.8. The Morgan fingerprint density at radius 2 is 2.00 bits per heavy atom. The van der Waals surface area contributed by atoms with E-state index >= 15 is 0 Å². The molecule has 6 nitrogen and oxygen atoms in total. The fourth-order valence-electron chi connectivity index (χ4n) is 2.78. The van der Waals surface area contributed by atoms with Gasteiger partial charge in [0.25, 0.3) is 0 Å². The van der Waals surface area contributed by atoms with E-state index in [1.54, 1.807) is 12.2 Å². The molecule has 0 bridgehead atoms. The molecule has 25 heavy (non-hydrogen) atoms. The first-order chi connectivity index (χ1) is 11.9. The third kappa shape index (κ3) is 6.90. The summed E-state index contributed by atoms with van der Waals surface area (Å²) in [5.41, 5.74) is 0. The smallest absolute Gasteiger partial charge is 0.335 e. The molecular formula is C19H32O6. The van der Waals surface area contributed by atoms with E-state index in [9.17, 15) is 4.79 Å². The third-order valence-electron chi connectivity index (χ3n) is 3.89. The van der Waals surface area contributed by atoms with Crippen molar-refractivity contribution in [3.05, 3.63) is 25.3 Å². The van der Waals surface area contributed by atoms with Crippen molar-refractivity contribution in [2.24, 2.45) is 0 Å². The Labute approximate surface area is 151 Å². The maximum Gasteiger partial charge on any atom is 0.335 e. The Kier molecular flexibility index (Phi) is 9.35. The number of carbonyl (C=O) groups is 1. The minimum Gasteiger partial charge on any atom is -0.458 e. The topological polar surface area (TPSA) is 63.2 Å². The predicted octanol–water partition coefficient (Wildman–Crippen LogP) is 3.36. The quantitative estimate of drug-likeness (QED) is 0.303. The molecule has 1 saturated heterocycles. The zero-order valence-corrected chi connectivity index (χ0v) is 15.9. The monoisotopic (exact) mass is 356 g/mol. The summed E-state index contributed by atoms with van der Waals surface area (Å²) in [5, 5.41) is 0. The van der Waals surface area contributed by atoms with E-state index in [2.05, 4.69) is 13.2 Å². The third-order valence-corrected chi connectivity index (χ3v) is 3.89. The highest BCUT2D eigenvalue weighted by atomic mass is 16.8. The normalized spacial score (nSPS) is 24.5. The highest BCUT2D eigenvalue weighted by Crippen LogP contribution is 2.33. The van der Waals surface area contributed by atoms with Crippen LogP contribution in [0.2, 0.25) is 0 Å². The van der Waals surface area contributed by atoms with Gasteiger partial charge in [0.05, 0.1) is 0 Å². The molecule has 144 valence electrons. The molecule has 0 saturated carbocycles. The lowest BCUT2D eigenvalue weighted by Crippen LogP contribution is -2.41. The number of hydrogen-bond acceptors (Lipinski definition) is 6. The summed E-state index contributed by atoms with van der Waals surface area (Å²) in [6, 6.07) is 0. The van der Waals surface area contributed by atoms with Gasteiger partial charge in [0.2, 0.25) is 0 Å². The van der Waals surface area contributed by atoms with Gasteiger partial charge in [-0.05, 0) is 33.1 Å². The lowest BCUT2D eigenvalue weighted by molar-refractivity contribution is -0.185. The van der Waals surface area contributed by atoms with Crippen LogP contribution in [0.4, 0.5) is 0 Å². The van der Waals surface area contributed by atoms with Crippen molar-refractivity contribution < 1.29 is 28.5 Å². The van der Waals surface area contributed by atoms with Gasteiger partial charge in [0, 0.05) is 7.11 Å². The van der Waals surface area contributed by atoms with Crippen LogP contribution in [0, 0.1) is 0 Å². The van der Waals surface area contributed by atoms with Crippen LogP contribution in [0.5, 0.6) is 0 Å². The lowest BCUT2D eigenvalue weighted by atomic mass is 10.0. The van der Waals surface area contributed by atoms with Crippen molar-refractivity contribution >= 4 is 5.97 Å². The molecule has 0 N–H and O–H groups in total. The lowest BCUT2D eigenvalue weighted by Gasteiger charge is -2.27. The molecule has 1 rings (SSSR count). The summed E-state index contributed by atoms with van der Waals surface area (Å²) in [6.45, 7) is 13.2. The van der Waals surface area contributed by atoms with Gasteiger partial charge in [-0.2, -0.15) is 0 Å². The summed E-state index contributed by atoms with van der Waals surface area (Å²) in [7, 11) is 1.51. The number of rotatable bonds is 12. The highest BCUT2D eigenvalue weighted by Gasteiger charge is 2.45. The number of esters is 1. The average molecular weight is 356 g/mol. The van der Waals surface area contributed by atoms with Crippen LogP contribution in [-0.2, 0) is 28.5 Å². The molecule has 0 aromatic carbocycles. The van der Waals surface area contributed by atoms with Crippen LogP contribution in [0.3, 0.4) is 0 Å². The van der Waals surface area contributed by atoms with Crippen molar-refractivity contribution in [2.45, 2.75) is 76.7 Å². The largest absolute Gasteiger partial charge is 0.458 e. The predicted molar refractivity (Wildman–Crippen MR) is 95.0 cm³/mol. The fraction of sp³-hybridized carbons (Fsp3) is 0.737. The molecule has 1 heterocycles. The van der Waals surface area contributed by atoms with E-state index in [0.717, 1.165) is 6.42 Å². The second-order valence-corrected chi connectivity index (χ2v) is 6.49. The van der Waals surface area contributed by atoms with Crippen LogP contribution in [0.15, 0.2) is 25.3 Å². The summed E-state index contributed by atoms with van der Waals surface area (Å²) >= 11 is 0. The molecule has 6 heteroatoms. The molecule has 0 aromatic heterocycles. The van der Waals surface area contributed by atoms with Gasteiger partial charge in [-0.15, -0.1) is 13.2 Å². The van der Waals surface area contributed by atoms with Crippen LogP contribution < -0.4 is 0 Å². The zero-order valence-electron chi connectivity index (χ0n) is 15.9. The van der Waals surface area contributed by atoms with Crippen LogP contribution >= 0.6 is 0 Å². The highest BCUT2D eigenvalue weighted by molar-refractivity contribution is 5.75. The molecule has 4 atom stereocenters. The molecule has 0 unspecified atom stereocenters. The van der Waals surface area contributed by atoms with Gasteiger partial charge >= 0.3 is 5.97 Å². The SMILES string of the molecule is C=CCC[C@H](OCOC)C(=O)O[C@H](CCC)[C@H]1OC(C)(C)O[C@@H]1C=C. The zero-order chi connectivity index (χ0) is 18.9. The van der Waals surface area contributed by atoms with Crippen molar-refractivity contribution in [1.29, 1.82) is 0 Å². The van der Waals surface area contributed by atoms with Crippen molar-refractivity contribution in [2.75, 3.05) is 13.9 Å². The van der Waals surface area contributed by atoms with E-state index in [4.69, 9.17) is 23.7 Å². The second kappa shape index (κ2) is 10.7. The first-order valence-corrected chi connectivity index (χ1v) is 8.78. The Balaban J connectivity index is 2.81. The van der Waals surface area contributed by atoms with Crippen molar-refractivity contribution in [3.63, 3.8) is 0 Å². The van der Waals surface area contributed by atoms with E-state index in [1.807, 2.05) is 20.8 Å². The number of carbonyl (C=O) groups excluding carboxylic acids is 1. The minimum absolute atomic E-state index is 0.0285. The second-order valence-electron chi connectivity index (χ2n) is 6.49. The van der Waals surface area contributed by atoms with E-state index < -0.39 is 24.0 Å². The molecule has 1 aliphatic rings. The Morgan fingerprint density at radius 1 is 1.28 bits per heavy atom. The number of methoxy groups -OCH3 is 1. The fourth-order valence-corrected chi connectivity index (χ4v) is 2.78. The van der Waals surface area contributed by atoms with Crippen LogP contribution in [0.25, 0.3) is 0 Å². The van der Waals surface area contributed by atoms with Gasteiger partial charge in [-0.25, -0.2) is 4.79 Å². The standard InChI is InChI=1S/C19H32O6/c1-7-10-12-16(22-13-21-6)18(20)23-15(11-8-2)17-14(9-3)24-19(4,5)25-17/h7,9,14-17H,1,3,8,10-13H2,2,4-6H3/t14-,15-,16+,17+/m1/s1. The van der Waals surface area contributed by atoms with Gasteiger partial charge in [-0.1, -0.05) is 25.5 Å². The summed E-state index contributed by atoms with van der Waals surface area (Å²) in [5.74, 6) is -1.16. The van der Waals surface area contributed by atoms with Gasteiger partial charge in [0.1, 0.15) is 25.1 Å².